The van der Waals surface area contributed by atoms with Gasteiger partial charge in [0.2, 0.25) is 0 Å². The summed E-state index contributed by atoms with van der Waals surface area (Å²) < 4.78 is 0. The molecule has 2 aromatic rings. The fourth-order valence-electron chi connectivity index (χ4n) is 5.78. The van der Waals surface area contributed by atoms with Crippen LogP contribution in [0.25, 0.3) is 11.0 Å². The van der Waals surface area contributed by atoms with Crippen molar-refractivity contribution in [3.05, 3.63) is 54.6 Å². The number of nitrogens with one attached hydrogen (secondary N) is 1. The second-order valence-electron chi connectivity index (χ2n) is 8.67. The van der Waals surface area contributed by atoms with Gasteiger partial charge in [-0.15, -0.1) is 0 Å². The topological polar surface area (TPSA) is 35.2 Å². The van der Waals surface area contributed by atoms with Crippen LogP contribution in [0.4, 0.5) is 0 Å². The third-order valence-electron chi connectivity index (χ3n) is 7.32. The minimum atomic E-state index is 0.259. The molecule has 2 saturated heterocycles. The Labute approximate surface area is 175 Å². The van der Waals surface area contributed by atoms with Crippen LogP contribution in [0.15, 0.2) is 48.8 Å². The summed E-state index contributed by atoms with van der Waals surface area (Å²) in [6.45, 7) is 18.2. The summed E-state index contributed by atoms with van der Waals surface area (Å²) >= 11 is 0. The molecule has 1 aromatic carbocycles. The summed E-state index contributed by atoms with van der Waals surface area (Å²) in [6.07, 6.45) is 6.38. The Morgan fingerprint density at radius 1 is 1.21 bits per heavy atom. The lowest BCUT2D eigenvalue weighted by Crippen LogP contribution is -2.59. The number of likely N-dealkylation sites (tertiary alicyclic amines) is 2. The highest BCUT2D eigenvalue weighted by molar-refractivity contribution is 5.74. The van der Waals surface area contributed by atoms with E-state index in [0.717, 1.165) is 48.8 Å². The highest BCUT2D eigenvalue weighted by atomic mass is 15.3. The summed E-state index contributed by atoms with van der Waals surface area (Å²) in [5, 5.41) is 0. The molecule has 3 aliphatic rings. The smallest absolute Gasteiger partial charge is 0.126 e. The van der Waals surface area contributed by atoms with Crippen LogP contribution < -0.4 is 0 Å². The van der Waals surface area contributed by atoms with E-state index in [1.807, 2.05) is 13.8 Å². The number of rotatable bonds is 4. The van der Waals surface area contributed by atoms with Crippen LogP contribution in [0, 0.1) is 11.3 Å². The van der Waals surface area contributed by atoms with Gasteiger partial charge < -0.3 is 14.8 Å². The van der Waals surface area contributed by atoms with Gasteiger partial charge in [0.25, 0.3) is 0 Å². The maximum absolute atomic E-state index is 4.83. The molecule has 29 heavy (non-hydrogen) atoms. The molecule has 156 valence electrons. The maximum atomic E-state index is 4.83. The van der Waals surface area contributed by atoms with E-state index in [1.165, 1.54) is 37.1 Å². The molecule has 1 saturated carbocycles. The van der Waals surface area contributed by atoms with E-state index in [4.69, 9.17) is 4.98 Å². The van der Waals surface area contributed by atoms with E-state index >= 15 is 0 Å². The summed E-state index contributed by atoms with van der Waals surface area (Å²) in [5.74, 6) is 1.80. The molecule has 3 heterocycles. The van der Waals surface area contributed by atoms with Crippen LogP contribution in [0.2, 0.25) is 0 Å². The molecule has 0 bridgehead atoms. The largest absolute Gasteiger partial charge is 0.373 e. The molecule has 1 aliphatic carbocycles. The van der Waals surface area contributed by atoms with Gasteiger partial charge in [-0.25, -0.2) is 4.98 Å². The number of aromatic nitrogens is 2. The number of fused-ring (bicyclic) bond motifs is 3. The minimum Gasteiger partial charge on any atom is -0.373 e. The van der Waals surface area contributed by atoms with Crippen molar-refractivity contribution in [2.45, 2.75) is 65.5 Å². The lowest BCUT2D eigenvalue weighted by molar-refractivity contribution is 0.00840. The fraction of sp³-hybridized carbons (Fsp3) is 0.560. The molecule has 1 N–H and O–H groups in total. The number of para-hydroxylation sites is 2. The van der Waals surface area contributed by atoms with Gasteiger partial charge in [-0.2, -0.15) is 0 Å². The van der Waals surface area contributed by atoms with Gasteiger partial charge in [-0.3, -0.25) is 0 Å². The van der Waals surface area contributed by atoms with Crippen molar-refractivity contribution in [2.75, 3.05) is 13.1 Å². The zero-order valence-electron chi connectivity index (χ0n) is 18.4. The first kappa shape index (κ1) is 20.1. The normalized spacial score (nSPS) is 24.9. The van der Waals surface area contributed by atoms with Crippen molar-refractivity contribution in [1.82, 2.24) is 19.8 Å². The predicted molar refractivity (Wildman–Crippen MR) is 121 cm³/mol. The molecule has 2 atom stereocenters. The zero-order chi connectivity index (χ0) is 20.6. The molecule has 4 nitrogen and oxygen atoms in total. The minimum absolute atomic E-state index is 0.259. The predicted octanol–water partition coefficient (Wildman–Crippen LogP) is 5.70. The van der Waals surface area contributed by atoms with Crippen molar-refractivity contribution in [1.29, 1.82) is 0 Å². The van der Waals surface area contributed by atoms with Gasteiger partial charge in [-0.05, 0) is 37.3 Å². The maximum Gasteiger partial charge on any atom is 0.126 e. The lowest BCUT2D eigenvalue weighted by atomic mass is 9.64. The third kappa shape index (κ3) is 3.17. The second-order valence-corrected chi connectivity index (χ2v) is 8.67. The number of aromatic amines is 1. The van der Waals surface area contributed by atoms with Crippen molar-refractivity contribution < 1.29 is 0 Å². The molecule has 2 aliphatic heterocycles. The zero-order valence-corrected chi connectivity index (χ0v) is 18.4. The van der Waals surface area contributed by atoms with E-state index in [-0.39, 0.29) is 5.41 Å². The van der Waals surface area contributed by atoms with E-state index in [9.17, 15) is 0 Å². The molecule has 4 heteroatoms. The molecule has 1 spiro atoms. The Bertz CT molecular complexity index is 856. The molecular weight excluding hydrogens is 356 g/mol. The average Bonchev–Trinajstić information content (AvgIpc) is 3.25. The SMILES string of the molecule is C=C(CC)N1CC2(C1)C(=C)N(Cc1nc3ccccc3[nH]1)C1CCCCC12.CC. The first-order valence-corrected chi connectivity index (χ1v) is 11.4. The van der Waals surface area contributed by atoms with Crippen molar-refractivity contribution in [3.8, 4) is 0 Å². The van der Waals surface area contributed by atoms with E-state index in [1.54, 1.807) is 0 Å². The highest BCUT2D eigenvalue weighted by Crippen LogP contribution is 2.58. The molecule has 1 aromatic heterocycles. The van der Waals surface area contributed by atoms with Crippen molar-refractivity contribution in [3.63, 3.8) is 0 Å². The summed E-state index contributed by atoms with van der Waals surface area (Å²) in [5.41, 5.74) is 5.06. The Balaban J connectivity index is 0.000000994. The van der Waals surface area contributed by atoms with Crippen LogP contribution in [-0.2, 0) is 6.54 Å². The van der Waals surface area contributed by atoms with Gasteiger partial charge in [0, 0.05) is 35.9 Å². The quantitative estimate of drug-likeness (QED) is 0.724. The number of hydrogen-bond acceptors (Lipinski definition) is 3. The monoisotopic (exact) mass is 392 g/mol. The number of hydrogen-bond donors (Lipinski definition) is 1. The molecular formula is C25H36N4. The van der Waals surface area contributed by atoms with E-state index in [2.05, 4.69) is 59.1 Å². The number of benzene rings is 1. The van der Waals surface area contributed by atoms with Crippen LogP contribution in [0.1, 0.15) is 58.7 Å². The number of H-pyrrole nitrogens is 1. The van der Waals surface area contributed by atoms with Crippen LogP contribution >= 0.6 is 0 Å². The summed E-state index contributed by atoms with van der Waals surface area (Å²) in [4.78, 5) is 13.4. The van der Waals surface area contributed by atoms with Crippen LogP contribution in [0.5, 0.6) is 0 Å². The second kappa shape index (κ2) is 7.89. The molecule has 0 amide bonds. The van der Waals surface area contributed by atoms with Gasteiger partial charge in [-0.1, -0.05) is 58.9 Å². The first-order chi connectivity index (χ1) is 14.1. The summed E-state index contributed by atoms with van der Waals surface area (Å²) in [7, 11) is 0. The Morgan fingerprint density at radius 3 is 2.66 bits per heavy atom. The van der Waals surface area contributed by atoms with Crippen molar-refractivity contribution >= 4 is 11.0 Å². The standard InChI is InChI=1S/C23H30N4.C2H6/c1-4-16(2)26-14-23(15-26)17(3)27(21-12-8-5-9-18(21)23)13-22-24-19-10-6-7-11-20(19)25-22;1-2/h6-7,10-11,18,21H,2-5,8-9,12-15H2,1H3,(H,24,25);1-2H3. The fourth-order valence-corrected chi connectivity index (χ4v) is 5.78. The van der Waals surface area contributed by atoms with Gasteiger partial charge in [0.1, 0.15) is 5.82 Å². The summed E-state index contributed by atoms with van der Waals surface area (Å²) in [6, 6.07) is 8.93. The number of allylic oxidation sites excluding steroid dienone is 1. The third-order valence-corrected chi connectivity index (χ3v) is 7.32. The van der Waals surface area contributed by atoms with Crippen molar-refractivity contribution in [2.24, 2.45) is 11.3 Å². The van der Waals surface area contributed by atoms with Crippen LogP contribution in [0.3, 0.4) is 0 Å². The molecule has 5 rings (SSSR count). The van der Waals surface area contributed by atoms with Gasteiger partial charge >= 0.3 is 0 Å². The van der Waals surface area contributed by atoms with Crippen LogP contribution in [-0.4, -0.2) is 38.9 Å². The van der Waals surface area contributed by atoms with E-state index < -0.39 is 0 Å². The highest BCUT2D eigenvalue weighted by Gasteiger charge is 2.60. The Kier molecular flexibility index (Phi) is 5.46. The Hall–Kier alpha value is -2.23. The van der Waals surface area contributed by atoms with E-state index in [0.29, 0.717) is 6.04 Å². The number of imidazole rings is 1. The first-order valence-electron chi connectivity index (χ1n) is 11.4. The molecule has 2 unspecified atom stereocenters. The number of nitrogens with zero attached hydrogens (tertiary/aromatic N) is 3. The average molecular weight is 393 g/mol. The van der Waals surface area contributed by atoms with Gasteiger partial charge in [0.05, 0.1) is 17.6 Å². The van der Waals surface area contributed by atoms with Gasteiger partial charge in [0.15, 0.2) is 0 Å². The lowest BCUT2D eigenvalue weighted by Gasteiger charge is -2.54. The molecule has 3 fully saturated rings. The molecule has 0 radical (unpaired) electrons. The Morgan fingerprint density at radius 2 is 1.93 bits per heavy atom.